The standard InChI is InChI=1S/C22H19F2N5O/c23-17-6-4-15(5-7-17)13-27-20(30)8-9-26-22-21(16-2-1-3-18(24)12-16)28-19-14-25-10-11-29(19)22/h1-7,10-12,14,26H,8-9,13H2,(H,27,30). The lowest BCUT2D eigenvalue weighted by atomic mass is 10.1. The lowest BCUT2D eigenvalue weighted by Crippen LogP contribution is -2.25. The van der Waals surface area contributed by atoms with Crippen molar-refractivity contribution in [2.75, 3.05) is 11.9 Å². The van der Waals surface area contributed by atoms with Gasteiger partial charge in [0.1, 0.15) is 23.1 Å². The molecular formula is C22H19F2N5O. The molecular weight excluding hydrogens is 388 g/mol. The van der Waals surface area contributed by atoms with Gasteiger partial charge in [-0.25, -0.2) is 13.8 Å². The van der Waals surface area contributed by atoms with Gasteiger partial charge in [-0.3, -0.25) is 14.2 Å². The van der Waals surface area contributed by atoms with Crippen LogP contribution in [0.5, 0.6) is 0 Å². The van der Waals surface area contributed by atoms with E-state index in [4.69, 9.17) is 0 Å². The average molecular weight is 407 g/mol. The molecule has 6 nitrogen and oxygen atoms in total. The van der Waals surface area contributed by atoms with E-state index in [0.29, 0.717) is 35.8 Å². The molecule has 0 saturated heterocycles. The number of nitrogens with one attached hydrogen (secondary N) is 2. The van der Waals surface area contributed by atoms with Crippen molar-refractivity contribution in [1.82, 2.24) is 19.7 Å². The molecule has 1 amide bonds. The number of benzene rings is 2. The number of halogens is 2. The number of fused-ring (bicyclic) bond motifs is 1. The van der Waals surface area contributed by atoms with Gasteiger partial charge >= 0.3 is 0 Å². The molecule has 2 aromatic carbocycles. The Morgan fingerprint density at radius 3 is 2.70 bits per heavy atom. The van der Waals surface area contributed by atoms with Crippen molar-refractivity contribution in [3.05, 3.63) is 84.3 Å². The van der Waals surface area contributed by atoms with Gasteiger partial charge in [-0.15, -0.1) is 0 Å². The van der Waals surface area contributed by atoms with Gasteiger partial charge in [0.25, 0.3) is 0 Å². The van der Waals surface area contributed by atoms with E-state index in [9.17, 15) is 13.6 Å². The summed E-state index contributed by atoms with van der Waals surface area (Å²) in [6.07, 6.45) is 5.22. The molecule has 0 unspecified atom stereocenters. The van der Waals surface area contributed by atoms with Gasteiger partial charge in [0.05, 0.1) is 6.20 Å². The van der Waals surface area contributed by atoms with Gasteiger partial charge < -0.3 is 10.6 Å². The molecule has 0 aliphatic carbocycles. The van der Waals surface area contributed by atoms with Gasteiger partial charge in [-0.1, -0.05) is 24.3 Å². The average Bonchev–Trinajstić information content (AvgIpc) is 3.12. The molecule has 0 atom stereocenters. The first-order valence-electron chi connectivity index (χ1n) is 9.43. The number of rotatable bonds is 7. The fourth-order valence-electron chi connectivity index (χ4n) is 3.10. The van der Waals surface area contributed by atoms with Gasteiger partial charge in [-0.05, 0) is 29.8 Å². The number of nitrogens with zero attached hydrogens (tertiary/aromatic N) is 3. The van der Waals surface area contributed by atoms with E-state index in [1.807, 2.05) is 4.40 Å². The van der Waals surface area contributed by atoms with Crippen molar-refractivity contribution in [3.63, 3.8) is 0 Å². The third kappa shape index (κ3) is 4.43. The maximum Gasteiger partial charge on any atom is 0.222 e. The van der Waals surface area contributed by atoms with E-state index in [1.165, 1.54) is 24.3 Å². The largest absolute Gasteiger partial charge is 0.369 e. The second-order valence-electron chi connectivity index (χ2n) is 6.70. The molecule has 0 aliphatic heterocycles. The molecule has 2 aromatic heterocycles. The SMILES string of the molecule is O=C(CCNc1c(-c2cccc(F)c2)nc2cnccn12)NCc1ccc(F)cc1. The Hall–Kier alpha value is -3.81. The molecule has 0 spiro atoms. The predicted molar refractivity (Wildman–Crippen MR) is 110 cm³/mol. The van der Waals surface area contributed by atoms with E-state index in [0.717, 1.165) is 5.56 Å². The monoisotopic (exact) mass is 407 g/mol. The topological polar surface area (TPSA) is 71.3 Å². The maximum atomic E-state index is 13.7. The fraction of sp³-hybridized carbons (Fsp3) is 0.136. The summed E-state index contributed by atoms with van der Waals surface area (Å²) in [5.74, 6) is -0.153. The smallest absolute Gasteiger partial charge is 0.222 e. The van der Waals surface area contributed by atoms with Gasteiger partial charge in [0.2, 0.25) is 5.91 Å². The highest BCUT2D eigenvalue weighted by atomic mass is 19.1. The van der Waals surface area contributed by atoms with Gasteiger partial charge in [-0.2, -0.15) is 0 Å². The Morgan fingerprint density at radius 2 is 1.90 bits per heavy atom. The van der Waals surface area contributed by atoms with Crippen LogP contribution in [-0.4, -0.2) is 26.8 Å². The molecule has 0 aliphatic rings. The fourth-order valence-corrected chi connectivity index (χ4v) is 3.10. The lowest BCUT2D eigenvalue weighted by Gasteiger charge is -2.09. The highest BCUT2D eigenvalue weighted by Crippen LogP contribution is 2.28. The van der Waals surface area contributed by atoms with Crippen molar-refractivity contribution in [2.24, 2.45) is 0 Å². The quantitative estimate of drug-likeness (QED) is 0.489. The van der Waals surface area contributed by atoms with Gasteiger partial charge in [0.15, 0.2) is 5.65 Å². The summed E-state index contributed by atoms with van der Waals surface area (Å²) in [4.78, 5) is 20.8. The van der Waals surface area contributed by atoms with Gasteiger partial charge in [0, 0.05) is 37.5 Å². The Balaban J connectivity index is 1.44. The predicted octanol–water partition coefficient (Wildman–Crippen LogP) is 3.79. The normalized spacial score (nSPS) is 10.9. The first kappa shape index (κ1) is 19.5. The molecule has 0 fully saturated rings. The third-order valence-corrected chi connectivity index (χ3v) is 4.58. The maximum absolute atomic E-state index is 13.7. The number of carbonyl (C=O) groups is 1. The van der Waals surface area contributed by atoms with Crippen LogP contribution in [0.4, 0.5) is 14.6 Å². The van der Waals surface area contributed by atoms with Crippen molar-refractivity contribution < 1.29 is 13.6 Å². The van der Waals surface area contributed by atoms with E-state index in [1.54, 1.807) is 42.9 Å². The second kappa shape index (κ2) is 8.69. The Bertz CT molecular complexity index is 1170. The summed E-state index contributed by atoms with van der Waals surface area (Å²) in [5, 5.41) is 6.04. The molecule has 152 valence electrons. The molecule has 0 saturated carbocycles. The Kier molecular flexibility index (Phi) is 5.65. The van der Waals surface area contributed by atoms with E-state index in [2.05, 4.69) is 20.6 Å². The van der Waals surface area contributed by atoms with E-state index in [-0.39, 0.29) is 24.0 Å². The van der Waals surface area contributed by atoms with Crippen molar-refractivity contribution in [2.45, 2.75) is 13.0 Å². The van der Waals surface area contributed by atoms with Crippen LogP contribution < -0.4 is 10.6 Å². The van der Waals surface area contributed by atoms with Crippen LogP contribution in [0.15, 0.2) is 67.1 Å². The Labute approximate surface area is 171 Å². The van der Waals surface area contributed by atoms with Crippen LogP contribution in [-0.2, 0) is 11.3 Å². The number of aromatic nitrogens is 3. The van der Waals surface area contributed by atoms with Crippen LogP contribution >= 0.6 is 0 Å². The zero-order valence-electron chi connectivity index (χ0n) is 16.0. The number of carbonyl (C=O) groups excluding carboxylic acids is 1. The molecule has 30 heavy (non-hydrogen) atoms. The van der Waals surface area contributed by atoms with Crippen LogP contribution in [0.25, 0.3) is 16.9 Å². The van der Waals surface area contributed by atoms with Crippen molar-refractivity contribution in [1.29, 1.82) is 0 Å². The number of imidazole rings is 1. The zero-order valence-corrected chi connectivity index (χ0v) is 16.0. The molecule has 4 rings (SSSR count). The highest BCUT2D eigenvalue weighted by molar-refractivity contribution is 5.78. The van der Waals surface area contributed by atoms with Crippen LogP contribution in [0.3, 0.4) is 0 Å². The first-order valence-corrected chi connectivity index (χ1v) is 9.43. The second-order valence-corrected chi connectivity index (χ2v) is 6.70. The highest BCUT2D eigenvalue weighted by Gasteiger charge is 2.15. The minimum atomic E-state index is -0.353. The van der Waals surface area contributed by atoms with Crippen molar-refractivity contribution in [3.8, 4) is 11.3 Å². The van der Waals surface area contributed by atoms with Crippen LogP contribution in [0.2, 0.25) is 0 Å². The van der Waals surface area contributed by atoms with Crippen LogP contribution in [0, 0.1) is 11.6 Å². The minimum Gasteiger partial charge on any atom is -0.369 e. The third-order valence-electron chi connectivity index (χ3n) is 4.58. The number of hydrogen-bond donors (Lipinski definition) is 2. The molecule has 0 radical (unpaired) electrons. The summed E-state index contributed by atoms with van der Waals surface area (Å²) < 4.78 is 28.5. The van der Waals surface area contributed by atoms with E-state index < -0.39 is 0 Å². The van der Waals surface area contributed by atoms with E-state index >= 15 is 0 Å². The van der Waals surface area contributed by atoms with Crippen molar-refractivity contribution >= 4 is 17.4 Å². The Morgan fingerprint density at radius 1 is 1.07 bits per heavy atom. The molecule has 2 N–H and O–H groups in total. The molecule has 4 aromatic rings. The summed E-state index contributed by atoms with van der Waals surface area (Å²) in [6, 6.07) is 12.2. The molecule has 8 heteroatoms. The number of hydrogen-bond acceptors (Lipinski definition) is 4. The summed E-state index contributed by atoms with van der Waals surface area (Å²) >= 11 is 0. The molecule has 0 bridgehead atoms. The molecule has 2 heterocycles. The number of anilines is 1. The zero-order chi connectivity index (χ0) is 20.9. The first-order chi connectivity index (χ1) is 14.6. The summed E-state index contributed by atoms with van der Waals surface area (Å²) in [5.41, 5.74) is 2.64. The minimum absolute atomic E-state index is 0.144. The summed E-state index contributed by atoms with van der Waals surface area (Å²) in [7, 11) is 0. The summed E-state index contributed by atoms with van der Waals surface area (Å²) in [6.45, 7) is 0.683. The number of amides is 1. The lowest BCUT2D eigenvalue weighted by molar-refractivity contribution is -0.121. The van der Waals surface area contributed by atoms with Crippen LogP contribution in [0.1, 0.15) is 12.0 Å².